The van der Waals surface area contributed by atoms with Crippen LogP contribution in [0.5, 0.6) is 11.5 Å². The summed E-state index contributed by atoms with van der Waals surface area (Å²) >= 11 is 1.37. The highest BCUT2D eigenvalue weighted by Gasteiger charge is 2.30. The van der Waals surface area contributed by atoms with E-state index in [4.69, 9.17) is 10.5 Å². The van der Waals surface area contributed by atoms with E-state index in [9.17, 15) is 28.2 Å². The fourth-order valence-corrected chi connectivity index (χ4v) is 4.73. The molecule has 4 rings (SSSR count). The molecule has 0 fully saturated rings. The van der Waals surface area contributed by atoms with Crippen LogP contribution in [0.4, 0.5) is 13.2 Å². The van der Waals surface area contributed by atoms with Crippen molar-refractivity contribution in [2.75, 3.05) is 13.2 Å². The monoisotopic (exact) mass is 489 g/mol. The van der Waals surface area contributed by atoms with Gasteiger partial charge in [-0.15, -0.1) is 11.3 Å². The van der Waals surface area contributed by atoms with E-state index in [1.807, 2.05) is 12.1 Å². The van der Waals surface area contributed by atoms with Crippen molar-refractivity contribution < 1.29 is 28.1 Å². The largest absolute Gasteiger partial charge is 0.457 e. The van der Waals surface area contributed by atoms with E-state index in [2.05, 4.69) is 0 Å². The predicted octanol–water partition coefficient (Wildman–Crippen LogP) is 4.84. The molecule has 0 saturated carbocycles. The molecule has 34 heavy (non-hydrogen) atoms. The lowest BCUT2D eigenvalue weighted by Crippen LogP contribution is -2.47. The Morgan fingerprint density at radius 1 is 0.882 bits per heavy atom. The molecule has 4 N–H and O–H groups in total. The Hall–Kier alpha value is -2.98. The number of halogens is 3. The summed E-state index contributed by atoms with van der Waals surface area (Å²) in [6.07, 6.45) is -3.61. The van der Waals surface area contributed by atoms with Crippen molar-refractivity contribution in [2.45, 2.75) is 24.6 Å². The number of aryl methyl sites for hydroxylation is 1. The van der Waals surface area contributed by atoms with Crippen molar-refractivity contribution >= 4 is 31.5 Å². The number of aliphatic hydroxyl groups excluding tert-OH is 2. The van der Waals surface area contributed by atoms with Crippen LogP contribution < -0.4 is 15.9 Å². The number of hydrogen-bond acceptors (Lipinski definition) is 6. The fraction of sp³-hybridized carbons (Fsp3) is 0.240. The number of nitrogens with two attached hydrogens (primary N) is 1. The van der Waals surface area contributed by atoms with E-state index in [-0.39, 0.29) is 24.4 Å². The van der Waals surface area contributed by atoms with Crippen LogP contribution in [0.15, 0.2) is 65.5 Å². The molecule has 0 atom stereocenters. The number of fused-ring (bicyclic) bond motifs is 2. The molecule has 9 heteroatoms. The zero-order valence-electron chi connectivity index (χ0n) is 17.9. The van der Waals surface area contributed by atoms with Gasteiger partial charge in [-0.25, -0.2) is 0 Å². The SMILES string of the molecule is NC(CO)(CO)CCc1ccc2c(=O)c3ccc(Oc4cccc(C(F)(F)F)c4)cc3sc2c1. The van der Waals surface area contributed by atoms with Crippen molar-refractivity contribution in [1.82, 2.24) is 0 Å². The molecule has 0 aliphatic heterocycles. The molecular formula is C25H22F3NO4S. The van der Waals surface area contributed by atoms with Gasteiger partial charge in [-0.05, 0) is 66.9 Å². The van der Waals surface area contributed by atoms with Crippen molar-refractivity contribution in [2.24, 2.45) is 5.73 Å². The number of ether oxygens (including phenoxy) is 1. The first-order chi connectivity index (χ1) is 16.1. The van der Waals surface area contributed by atoms with E-state index in [1.165, 1.54) is 23.5 Å². The van der Waals surface area contributed by atoms with Gasteiger partial charge in [0.15, 0.2) is 5.43 Å². The first kappa shape index (κ1) is 24.2. The molecule has 0 bridgehead atoms. The minimum absolute atomic E-state index is 0.0441. The molecule has 5 nitrogen and oxygen atoms in total. The summed E-state index contributed by atoms with van der Waals surface area (Å²) in [5.74, 6) is 0.361. The van der Waals surface area contributed by atoms with Gasteiger partial charge in [0.1, 0.15) is 11.5 Å². The summed E-state index contributed by atoms with van der Waals surface area (Å²) in [5, 5.41) is 19.8. The lowest BCUT2D eigenvalue weighted by atomic mass is 9.94. The van der Waals surface area contributed by atoms with Crippen LogP contribution in [0.2, 0.25) is 0 Å². The topological polar surface area (TPSA) is 92.8 Å². The van der Waals surface area contributed by atoms with E-state index in [0.29, 0.717) is 34.1 Å². The lowest BCUT2D eigenvalue weighted by molar-refractivity contribution is -0.137. The van der Waals surface area contributed by atoms with Gasteiger partial charge < -0.3 is 20.7 Å². The molecule has 0 radical (unpaired) electrons. The van der Waals surface area contributed by atoms with Crippen molar-refractivity contribution in [3.05, 3.63) is 82.0 Å². The van der Waals surface area contributed by atoms with Gasteiger partial charge in [-0.1, -0.05) is 12.1 Å². The number of alkyl halides is 3. The molecule has 0 aliphatic carbocycles. The first-order valence-corrected chi connectivity index (χ1v) is 11.3. The zero-order valence-corrected chi connectivity index (χ0v) is 18.7. The van der Waals surface area contributed by atoms with Crippen molar-refractivity contribution in [3.8, 4) is 11.5 Å². The van der Waals surface area contributed by atoms with Crippen LogP contribution in [0.25, 0.3) is 20.2 Å². The van der Waals surface area contributed by atoms with E-state index in [0.717, 1.165) is 22.4 Å². The number of aliphatic hydroxyl groups is 2. The Labute approximate surface area is 196 Å². The molecule has 3 aromatic carbocycles. The highest BCUT2D eigenvalue weighted by Crippen LogP contribution is 2.34. The van der Waals surface area contributed by atoms with Gasteiger partial charge in [0.05, 0.1) is 24.3 Å². The molecule has 1 aromatic heterocycles. The summed E-state index contributed by atoms with van der Waals surface area (Å²) < 4.78 is 46.0. The second kappa shape index (κ2) is 9.34. The van der Waals surface area contributed by atoms with Crippen LogP contribution >= 0.6 is 11.3 Å². The molecule has 0 amide bonds. The number of rotatable bonds is 7. The average molecular weight is 490 g/mol. The quantitative estimate of drug-likeness (QED) is 0.323. The van der Waals surface area contributed by atoms with Gasteiger partial charge in [0, 0.05) is 20.2 Å². The Morgan fingerprint density at radius 2 is 1.53 bits per heavy atom. The predicted molar refractivity (Wildman–Crippen MR) is 127 cm³/mol. The highest BCUT2D eigenvalue weighted by molar-refractivity contribution is 7.24. The second-order valence-electron chi connectivity index (χ2n) is 8.23. The normalized spacial score (nSPS) is 12.4. The molecule has 1 heterocycles. The number of benzene rings is 3. The van der Waals surface area contributed by atoms with E-state index < -0.39 is 17.3 Å². The zero-order chi connectivity index (χ0) is 24.5. The average Bonchev–Trinajstić information content (AvgIpc) is 2.82. The van der Waals surface area contributed by atoms with Crippen LogP contribution in [0, 0.1) is 0 Å². The summed E-state index contributed by atoms with van der Waals surface area (Å²) in [6.45, 7) is -0.687. The molecular weight excluding hydrogens is 467 g/mol. The third-order valence-electron chi connectivity index (χ3n) is 5.65. The maximum atomic E-state index is 13.0. The Kier molecular flexibility index (Phi) is 6.64. The maximum absolute atomic E-state index is 13.0. The van der Waals surface area contributed by atoms with Gasteiger partial charge in [0.25, 0.3) is 0 Å². The standard InChI is InChI=1S/C25H22F3NO4S/c26-25(27,28)16-2-1-3-17(11-16)33-18-5-7-20-22(12-18)34-21-10-15(4-6-19(21)23(20)32)8-9-24(29,13-30)14-31/h1-7,10-12,30-31H,8-9,13-14,29H2. The lowest BCUT2D eigenvalue weighted by Gasteiger charge is -2.24. The van der Waals surface area contributed by atoms with E-state index >= 15 is 0 Å². The third-order valence-corrected chi connectivity index (χ3v) is 6.76. The number of hydrogen-bond donors (Lipinski definition) is 3. The van der Waals surface area contributed by atoms with Crippen molar-refractivity contribution in [3.63, 3.8) is 0 Å². The summed E-state index contributed by atoms with van der Waals surface area (Å²) in [4.78, 5) is 13.0. The molecule has 4 aromatic rings. The molecule has 178 valence electrons. The maximum Gasteiger partial charge on any atom is 0.416 e. The van der Waals surface area contributed by atoms with Gasteiger partial charge in [-0.2, -0.15) is 13.2 Å². The van der Waals surface area contributed by atoms with Crippen LogP contribution in [0.3, 0.4) is 0 Å². The van der Waals surface area contributed by atoms with Gasteiger partial charge >= 0.3 is 6.18 Å². The van der Waals surface area contributed by atoms with Crippen LogP contribution in [0.1, 0.15) is 17.5 Å². The summed E-state index contributed by atoms with van der Waals surface area (Å²) in [7, 11) is 0. The third kappa shape index (κ3) is 5.07. The second-order valence-corrected chi connectivity index (χ2v) is 9.31. The Bertz CT molecular complexity index is 1400. The van der Waals surface area contributed by atoms with Gasteiger partial charge in [0.2, 0.25) is 0 Å². The Balaban J connectivity index is 1.66. The Morgan fingerprint density at radius 3 is 2.21 bits per heavy atom. The highest BCUT2D eigenvalue weighted by atomic mass is 32.1. The van der Waals surface area contributed by atoms with Crippen LogP contribution in [-0.2, 0) is 12.6 Å². The smallest absolute Gasteiger partial charge is 0.416 e. The summed E-state index contributed by atoms with van der Waals surface area (Å²) in [5.41, 5.74) is 4.80. The van der Waals surface area contributed by atoms with Crippen LogP contribution in [-0.4, -0.2) is 29.0 Å². The summed E-state index contributed by atoms with van der Waals surface area (Å²) in [6, 6.07) is 14.8. The minimum atomic E-state index is -4.48. The molecule has 0 saturated heterocycles. The minimum Gasteiger partial charge on any atom is -0.457 e. The molecule has 0 spiro atoms. The molecule has 0 unspecified atom stereocenters. The first-order valence-electron chi connectivity index (χ1n) is 10.5. The van der Waals surface area contributed by atoms with Gasteiger partial charge in [-0.3, -0.25) is 4.79 Å². The van der Waals surface area contributed by atoms with E-state index in [1.54, 1.807) is 24.3 Å². The van der Waals surface area contributed by atoms with Crippen molar-refractivity contribution in [1.29, 1.82) is 0 Å². The molecule has 0 aliphatic rings. The fourth-order valence-electron chi connectivity index (χ4n) is 3.57.